The molecule has 3 heteroatoms. The minimum atomic E-state index is -0.190. The van der Waals surface area contributed by atoms with E-state index in [-0.39, 0.29) is 5.83 Å². The van der Waals surface area contributed by atoms with E-state index in [2.05, 4.69) is 0 Å². The van der Waals surface area contributed by atoms with Gasteiger partial charge < -0.3 is 9.47 Å². The van der Waals surface area contributed by atoms with Crippen molar-refractivity contribution in [3.8, 4) is 11.5 Å². The highest BCUT2D eigenvalue weighted by atomic mass is 19.1. The largest absolute Gasteiger partial charge is 0.493 e. The smallest absolute Gasteiger partial charge is 0.161 e. The summed E-state index contributed by atoms with van der Waals surface area (Å²) in [7, 11) is 1.59. The normalized spacial score (nSPS) is 14.8. The molecule has 1 radical (unpaired) electrons. The summed E-state index contributed by atoms with van der Waals surface area (Å²) in [6.45, 7) is 2.45. The molecule has 2 rings (SSSR count). The van der Waals surface area contributed by atoms with Gasteiger partial charge in [-0.25, -0.2) is 4.39 Å². The van der Waals surface area contributed by atoms with E-state index in [1.165, 1.54) is 6.08 Å². The maximum atomic E-state index is 13.7. The minimum absolute atomic E-state index is 0.190. The fraction of sp³-hybridized carbons (Fsp3) is 0.267. The molecule has 0 heterocycles. The van der Waals surface area contributed by atoms with Gasteiger partial charge in [-0.3, -0.25) is 0 Å². The summed E-state index contributed by atoms with van der Waals surface area (Å²) < 4.78 is 24.4. The molecule has 0 aliphatic heterocycles. The predicted molar refractivity (Wildman–Crippen MR) is 70.2 cm³/mol. The third-order valence-electron chi connectivity index (χ3n) is 2.80. The molecule has 18 heavy (non-hydrogen) atoms. The van der Waals surface area contributed by atoms with Crippen molar-refractivity contribution < 1.29 is 13.9 Å². The van der Waals surface area contributed by atoms with Crippen LogP contribution < -0.4 is 9.47 Å². The first-order valence-corrected chi connectivity index (χ1v) is 5.96. The Kier molecular flexibility index (Phi) is 4.03. The second-order valence-corrected chi connectivity index (χ2v) is 3.92. The zero-order valence-corrected chi connectivity index (χ0v) is 10.6. The van der Waals surface area contributed by atoms with Gasteiger partial charge in [0.05, 0.1) is 13.7 Å². The third kappa shape index (κ3) is 2.55. The highest BCUT2D eigenvalue weighted by Crippen LogP contribution is 2.35. The van der Waals surface area contributed by atoms with Gasteiger partial charge in [0.25, 0.3) is 0 Å². The molecule has 0 saturated carbocycles. The maximum Gasteiger partial charge on any atom is 0.161 e. The Morgan fingerprint density at radius 2 is 2.11 bits per heavy atom. The summed E-state index contributed by atoms with van der Waals surface area (Å²) in [5, 5.41) is 0. The molecule has 0 fully saturated rings. The Bertz CT molecular complexity index is 489. The Hall–Kier alpha value is -1.77. The lowest BCUT2D eigenvalue weighted by molar-refractivity contribution is 0.311. The summed E-state index contributed by atoms with van der Waals surface area (Å²) in [6, 6.07) is 5.48. The molecule has 0 bridgehead atoms. The zero-order chi connectivity index (χ0) is 13.0. The number of methoxy groups -OCH3 is 1. The monoisotopic (exact) mass is 247 g/mol. The molecule has 1 aliphatic rings. The molecule has 0 N–H and O–H groups in total. The summed E-state index contributed by atoms with van der Waals surface area (Å²) in [5.41, 5.74) is 1.51. The summed E-state index contributed by atoms with van der Waals surface area (Å²) in [6.07, 6.45) is 5.73. The molecule has 0 saturated heterocycles. The van der Waals surface area contributed by atoms with Crippen LogP contribution in [-0.4, -0.2) is 13.7 Å². The van der Waals surface area contributed by atoms with Crippen LogP contribution >= 0.6 is 0 Å². The Balaban J connectivity index is 2.40. The number of allylic oxidation sites excluding steroid dienone is 4. The van der Waals surface area contributed by atoms with E-state index in [0.717, 1.165) is 5.56 Å². The van der Waals surface area contributed by atoms with Crippen LogP contribution in [0.3, 0.4) is 0 Å². The van der Waals surface area contributed by atoms with Gasteiger partial charge in [0.15, 0.2) is 11.5 Å². The fourth-order valence-corrected chi connectivity index (χ4v) is 1.92. The molecular weight excluding hydrogens is 231 g/mol. The molecular formula is C15H16FO2. The second-order valence-electron chi connectivity index (χ2n) is 3.92. The van der Waals surface area contributed by atoms with E-state index in [1.54, 1.807) is 19.3 Å². The lowest BCUT2D eigenvalue weighted by Crippen LogP contribution is -1.98. The molecule has 95 valence electrons. The molecule has 1 aliphatic carbocycles. The van der Waals surface area contributed by atoms with Crippen LogP contribution in [0.2, 0.25) is 0 Å². The van der Waals surface area contributed by atoms with E-state index in [9.17, 15) is 4.39 Å². The molecule has 0 unspecified atom stereocenters. The Labute approximate surface area is 107 Å². The van der Waals surface area contributed by atoms with Crippen molar-refractivity contribution in [1.82, 2.24) is 0 Å². The minimum Gasteiger partial charge on any atom is -0.493 e. The van der Waals surface area contributed by atoms with Crippen molar-refractivity contribution in [2.24, 2.45) is 0 Å². The molecule has 2 nitrogen and oxygen atoms in total. The van der Waals surface area contributed by atoms with E-state index >= 15 is 0 Å². The number of hydrogen-bond donors (Lipinski definition) is 0. The van der Waals surface area contributed by atoms with Gasteiger partial charge in [-0.15, -0.1) is 0 Å². The SMILES string of the molecule is CCOc1cc(C2=C(F)C=C[CH]C2)ccc1OC. The van der Waals surface area contributed by atoms with Crippen molar-refractivity contribution in [2.75, 3.05) is 13.7 Å². The van der Waals surface area contributed by atoms with E-state index < -0.39 is 0 Å². The molecule has 0 aromatic heterocycles. The molecule has 0 spiro atoms. The van der Waals surface area contributed by atoms with Gasteiger partial charge in [0.1, 0.15) is 5.83 Å². The summed E-state index contributed by atoms with van der Waals surface area (Å²) >= 11 is 0. The van der Waals surface area contributed by atoms with Crippen LogP contribution in [-0.2, 0) is 0 Å². The fourth-order valence-electron chi connectivity index (χ4n) is 1.92. The average Bonchev–Trinajstić information content (AvgIpc) is 2.40. The lowest BCUT2D eigenvalue weighted by Gasteiger charge is -2.14. The number of halogens is 1. The van der Waals surface area contributed by atoms with E-state index in [1.807, 2.05) is 25.5 Å². The lowest BCUT2D eigenvalue weighted by atomic mass is 9.96. The molecule has 0 atom stereocenters. The van der Waals surface area contributed by atoms with Crippen molar-refractivity contribution in [3.05, 3.63) is 48.2 Å². The molecule has 0 amide bonds. The quantitative estimate of drug-likeness (QED) is 0.802. The number of hydrogen-bond acceptors (Lipinski definition) is 2. The van der Waals surface area contributed by atoms with Gasteiger partial charge in [0.2, 0.25) is 0 Å². The number of rotatable bonds is 4. The van der Waals surface area contributed by atoms with Crippen molar-refractivity contribution in [2.45, 2.75) is 13.3 Å². The number of benzene rings is 1. The Morgan fingerprint density at radius 3 is 2.78 bits per heavy atom. The molecule has 1 aromatic rings. The van der Waals surface area contributed by atoms with Crippen molar-refractivity contribution in [1.29, 1.82) is 0 Å². The average molecular weight is 247 g/mol. The standard InChI is InChI=1S/C15H16FO2/c1-3-18-15-10-11(8-9-14(15)17-2)12-6-4-5-7-13(12)16/h4-5,7-10H,3,6H2,1-2H3. The number of ether oxygens (including phenoxy) is 2. The topological polar surface area (TPSA) is 18.5 Å². The zero-order valence-electron chi connectivity index (χ0n) is 10.6. The maximum absolute atomic E-state index is 13.7. The van der Waals surface area contributed by atoms with Gasteiger partial charge >= 0.3 is 0 Å². The van der Waals surface area contributed by atoms with Gasteiger partial charge in [0, 0.05) is 0 Å². The highest BCUT2D eigenvalue weighted by Gasteiger charge is 2.13. The predicted octanol–water partition coefficient (Wildman–Crippen LogP) is 3.94. The van der Waals surface area contributed by atoms with E-state index in [0.29, 0.717) is 30.1 Å². The van der Waals surface area contributed by atoms with Gasteiger partial charge in [-0.05, 0) is 49.1 Å². The first-order valence-electron chi connectivity index (χ1n) is 5.96. The second kappa shape index (κ2) is 5.71. The van der Waals surface area contributed by atoms with Crippen LogP contribution in [0.15, 0.2) is 36.2 Å². The van der Waals surface area contributed by atoms with E-state index in [4.69, 9.17) is 9.47 Å². The molecule has 1 aromatic carbocycles. The van der Waals surface area contributed by atoms with Crippen molar-refractivity contribution >= 4 is 5.57 Å². The van der Waals surface area contributed by atoms with Crippen LogP contribution in [0.25, 0.3) is 5.57 Å². The van der Waals surface area contributed by atoms with Crippen LogP contribution in [0, 0.1) is 6.42 Å². The first kappa shape index (κ1) is 12.7. The Morgan fingerprint density at radius 1 is 1.28 bits per heavy atom. The van der Waals surface area contributed by atoms with Crippen LogP contribution in [0.5, 0.6) is 11.5 Å². The summed E-state index contributed by atoms with van der Waals surface area (Å²) in [5.74, 6) is 1.12. The highest BCUT2D eigenvalue weighted by molar-refractivity contribution is 5.73. The summed E-state index contributed by atoms with van der Waals surface area (Å²) in [4.78, 5) is 0. The van der Waals surface area contributed by atoms with Crippen LogP contribution in [0.4, 0.5) is 4.39 Å². The third-order valence-corrected chi connectivity index (χ3v) is 2.80. The van der Waals surface area contributed by atoms with Crippen molar-refractivity contribution in [3.63, 3.8) is 0 Å². The van der Waals surface area contributed by atoms with Gasteiger partial charge in [-0.1, -0.05) is 12.1 Å². The van der Waals surface area contributed by atoms with Gasteiger partial charge in [-0.2, -0.15) is 0 Å². The first-order chi connectivity index (χ1) is 8.76. The van der Waals surface area contributed by atoms with Crippen LogP contribution in [0.1, 0.15) is 18.9 Å².